The molecule has 8 amide bonds. The van der Waals surface area contributed by atoms with E-state index < -0.39 is 268 Å². The number of rotatable bonds is 56. The SMILES string of the molecule is CC(=O)NC1C(OC(C)=O)[C@@H](OC(C)=O)C(COC(C)=O)O[C@H]1OCCCCC(=O)NCCN(CCNCCN(CCNC(=O)CCCCO[C@@H]1OC(COC(C)=O)[C@H](OC(C)=O)C(OC(C)=O)C1NC(C)=O)C(=O)CCCCO[C@@H]1OC(COC(C)=O)[C@H](OC(C)=O)C(OC(C)=O)C1NC(C)=O)C(=O)CCCCO[C@@H]1OC(COC(C)=O)[C@H](OC(C)=O)C(OC(C)=O)C1NC(C)=O. The minimum atomic E-state index is -1.41. The highest BCUT2D eigenvalue weighted by atomic mass is 16.7. The average molecular weight is 1910 g/mol. The number of amides is 8. The van der Waals surface area contributed by atoms with Crippen LogP contribution in [0.5, 0.6) is 0 Å². The lowest BCUT2D eigenvalue weighted by Crippen LogP contribution is -2.66. The number of carbonyl (C=O) groups is 20. The number of unbranched alkanes of at least 4 members (excludes halogenated alkanes) is 4. The summed E-state index contributed by atoms with van der Waals surface area (Å²) in [6.45, 7) is 15.6. The Kier molecular flexibility index (Phi) is 51.9. The van der Waals surface area contributed by atoms with Crippen LogP contribution in [0, 0.1) is 0 Å². The smallest absolute Gasteiger partial charge is 0.303 e. The molecule has 0 aliphatic carbocycles. The van der Waals surface area contributed by atoms with Crippen molar-refractivity contribution in [2.75, 3.05) is 105 Å². The molecule has 7 N–H and O–H groups in total. The lowest BCUT2D eigenvalue weighted by Gasteiger charge is -2.44. The van der Waals surface area contributed by atoms with Crippen LogP contribution < -0.4 is 37.2 Å². The number of esters is 12. The fourth-order valence-corrected chi connectivity index (χ4v) is 14.5. The van der Waals surface area contributed by atoms with Gasteiger partial charge in [0.2, 0.25) is 47.3 Å². The van der Waals surface area contributed by atoms with Gasteiger partial charge in [-0.2, -0.15) is 0 Å². The van der Waals surface area contributed by atoms with Crippen LogP contribution in [0.25, 0.3) is 0 Å². The van der Waals surface area contributed by atoms with Crippen LogP contribution >= 0.6 is 0 Å². The number of ether oxygens (including phenoxy) is 20. The molecule has 49 nitrogen and oxygen atoms in total. The molecule has 133 heavy (non-hydrogen) atoms. The van der Waals surface area contributed by atoms with E-state index in [1.807, 2.05) is 0 Å². The molecule has 752 valence electrons. The van der Waals surface area contributed by atoms with Crippen molar-refractivity contribution in [2.45, 2.75) is 310 Å². The van der Waals surface area contributed by atoms with Crippen LogP contribution in [0.2, 0.25) is 0 Å². The summed E-state index contributed by atoms with van der Waals surface area (Å²) in [4.78, 5) is 256. The first-order chi connectivity index (χ1) is 62.8. The molecule has 4 aliphatic heterocycles. The van der Waals surface area contributed by atoms with E-state index >= 15 is 0 Å². The van der Waals surface area contributed by atoms with Gasteiger partial charge in [0.15, 0.2) is 74.0 Å². The minimum absolute atomic E-state index is 0.0244. The Bertz CT molecular complexity index is 3650. The van der Waals surface area contributed by atoms with E-state index in [1.165, 1.54) is 37.5 Å². The molecule has 0 aromatic heterocycles. The van der Waals surface area contributed by atoms with Gasteiger partial charge in [-0.25, -0.2) is 0 Å². The van der Waals surface area contributed by atoms with Gasteiger partial charge in [0, 0.05) is 215 Å². The van der Waals surface area contributed by atoms with Gasteiger partial charge in [0.25, 0.3) is 0 Å². The Hall–Kier alpha value is -11.0. The maximum atomic E-state index is 14.4. The molecule has 20 atom stereocenters. The van der Waals surface area contributed by atoms with E-state index in [0.717, 1.165) is 83.1 Å². The van der Waals surface area contributed by atoms with Crippen molar-refractivity contribution in [3.63, 3.8) is 0 Å². The van der Waals surface area contributed by atoms with Gasteiger partial charge in [0.1, 0.15) is 75.0 Å². The fourth-order valence-electron chi connectivity index (χ4n) is 14.5. The molecule has 49 heteroatoms. The van der Waals surface area contributed by atoms with E-state index in [9.17, 15) is 95.9 Å². The number of hydrogen-bond donors (Lipinski definition) is 7. The average Bonchev–Trinajstić information content (AvgIpc) is 0.801. The monoisotopic (exact) mass is 1910 g/mol. The molecular weight excluding hydrogens is 1770 g/mol. The van der Waals surface area contributed by atoms with Gasteiger partial charge >= 0.3 is 71.6 Å². The topological polar surface area (TPSA) is 617 Å². The van der Waals surface area contributed by atoms with Gasteiger partial charge in [-0.15, -0.1) is 0 Å². The highest BCUT2D eigenvalue weighted by molar-refractivity contribution is 5.80. The minimum Gasteiger partial charge on any atom is -0.463 e. The standard InChI is InChI=1S/C84H131N9O40/c1-45(94)88-69-77(126-57(13)106)73(122-53(9)102)61(41-118-49(5)98)130-81(69)114-37-21-17-25-65(110)86-31-35-92(67(112)27-19-23-39-116-83-71(90-47(3)96)79(128-59(15)108)75(124-55(11)104)63(132-83)43-120-51(7)100)33-29-85-30-34-93(68(113)28-20-24-40-117-84-72(91-48(4)97)80(129-60(16)109)76(125-56(12)105)64(133-84)44-121-52(8)101)36-32-87-66(111)26-18-22-38-115-82-70(89-46(2)95)78(127-58(14)107)74(123-54(10)103)62(131-82)42-119-50(6)99/h61-64,69-85H,17-44H2,1-16H3,(H,86,110)(H,87,111)(H,88,94)(H,89,95)(H,90,96)(H,91,97)/t61?,62?,63?,64?,69?,70?,71?,72?,73-,74-,75-,76-,77?,78?,79?,80?,81+,82+,83+,84+/m0/s1. The Morgan fingerprint density at radius 2 is 0.451 bits per heavy atom. The van der Waals surface area contributed by atoms with Crippen molar-refractivity contribution >= 4 is 119 Å². The first-order valence-corrected chi connectivity index (χ1v) is 43.7. The number of nitrogens with one attached hydrogen (secondary N) is 7. The van der Waals surface area contributed by atoms with Gasteiger partial charge in [-0.3, -0.25) is 95.9 Å². The van der Waals surface area contributed by atoms with E-state index in [0.29, 0.717) is 0 Å². The molecule has 0 saturated carbocycles. The van der Waals surface area contributed by atoms with Crippen molar-refractivity contribution in [1.29, 1.82) is 0 Å². The van der Waals surface area contributed by atoms with Crippen molar-refractivity contribution in [2.24, 2.45) is 0 Å². The normalized spacial score (nSPS) is 24.7. The summed E-state index contributed by atoms with van der Waals surface area (Å²) in [7, 11) is 0. The first kappa shape index (κ1) is 114. The summed E-state index contributed by atoms with van der Waals surface area (Å²) >= 11 is 0. The molecule has 4 fully saturated rings. The Morgan fingerprint density at radius 3 is 0.654 bits per heavy atom. The summed E-state index contributed by atoms with van der Waals surface area (Å²) in [5, 5.41) is 19.4. The lowest BCUT2D eigenvalue weighted by atomic mass is 9.96. The summed E-state index contributed by atoms with van der Waals surface area (Å²) in [6.07, 6.45) is -20.4. The molecule has 0 aromatic carbocycles. The van der Waals surface area contributed by atoms with E-state index in [4.69, 9.17) is 94.7 Å². The predicted octanol–water partition coefficient (Wildman–Crippen LogP) is -2.16. The second-order valence-corrected chi connectivity index (χ2v) is 31.4. The molecule has 4 heterocycles. The zero-order valence-electron chi connectivity index (χ0n) is 78.1. The van der Waals surface area contributed by atoms with Gasteiger partial charge in [-0.05, 0) is 51.4 Å². The van der Waals surface area contributed by atoms with E-state index in [2.05, 4.69) is 37.2 Å². The van der Waals surface area contributed by atoms with Crippen LogP contribution in [0.1, 0.15) is 188 Å². The number of hydrogen-bond acceptors (Lipinski definition) is 41. The van der Waals surface area contributed by atoms with Gasteiger partial charge in [0.05, 0.1) is 0 Å². The van der Waals surface area contributed by atoms with Crippen LogP contribution in [0.15, 0.2) is 0 Å². The fraction of sp³-hybridized carbons (Fsp3) is 0.762. The second-order valence-electron chi connectivity index (χ2n) is 31.4. The summed E-state index contributed by atoms with van der Waals surface area (Å²) in [5.41, 5.74) is 0. The number of carbonyl (C=O) groups excluding carboxylic acids is 20. The first-order valence-electron chi connectivity index (χ1n) is 43.7. The maximum absolute atomic E-state index is 14.4. The highest BCUT2D eigenvalue weighted by Crippen LogP contribution is 2.34. The predicted molar refractivity (Wildman–Crippen MR) is 447 cm³/mol. The summed E-state index contributed by atoms with van der Waals surface area (Å²) in [6, 6.07) is -5.03. The van der Waals surface area contributed by atoms with Crippen molar-refractivity contribution in [3.8, 4) is 0 Å². The molecule has 0 bridgehead atoms. The largest absolute Gasteiger partial charge is 0.463 e. The van der Waals surface area contributed by atoms with Gasteiger partial charge < -0.3 is 142 Å². The molecule has 12 unspecified atom stereocenters. The molecular formula is C84H131N9O40. The quantitative estimate of drug-likeness (QED) is 0.0194. The Labute approximate surface area is 769 Å². The Balaban J connectivity index is 1.57. The van der Waals surface area contributed by atoms with E-state index in [1.54, 1.807) is 0 Å². The van der Waals surface area contributed by atoms with Crippen molar-refractivity contribution < 1.29 is 191 Å². The zero-order chi connectivity index (χ0) is 99.1. The second kappa shape index (κ2) is 60.3. The summed E-state index contributed by atoms with van der Waals surface area (Å²) < 4.78 is 114. The summed E-state index contributed by atoms with van der Waals surface area (Å²) in [5.74, 6) is -13.5. The molecule has 0 aromatic rings. The van der Waals surface area contributed by atoms with Crippen LogP contribution in [0.4, 0.5) is 0 Å². The third-order valence-corrected chi connectivity index (χ3v) is 19.8. The van der Waals surface area contributed by atoms with E-state index in [-0.39, 0.29) is 156 Å². The Morgan fingerprint density at radius 1 is 0.248 bits per heavy atom. The zero-order valence-corrected chi connectivity index (χ0v) is 78.1. The molecule has 4 aliphatic rings. The van der Waals surface area contributed by atoms with Crippen LogP contribution in [-0.2, 0) is 191 Å². The van der Waals surface area contributed by atoms with Crippen LogP contribution in [-0.4, -0.2) is 356 Å². The molecule has 4 rings (SSSR count). The number of nitrogens with zero attached hydrogens (tertiary/aromatic N) is 2. The third-order valence-electron chi connectivity index (χ3n) is 19.8. The highest BCUT2D eigenvalue weighted by Gasteiger charge is 2.56. The van der Waals surface area contributed by atoms with Crippen molar-refractivity contribution in [1.82, 2.24) is 47.0 Å². The lowest BCUT2D eigenvalue weighted by molar-refractivity contribution is -0.277. The molecule has 0 radical (unpaired) electrons. The molecule has 4 saturated heterocycles. The third kappa shape index (κ3) is 44.2. The molecule has 0 spiro atoms. The van der Waals surface area contributed by atoms with Crippen molar-refractivity contribution in [3.05, 3.63) is 0 Å². The van der Waals surface area contributed by atoms with Gasteiger partial charge in [-0.1, -0.05) is 0 Å². The maximum Gasteiger partial charge on any atom is 0.303 e. The van der Waals surface area contributed by atoms with Crippen LogP contribution in [0.3, 0.4) is 0 Å².